The van der Waals surface area contributed by atoms with Gasteiger partial charge in [-0.1, -0.05) is 12.1 Å². The fraction of sp³-hybridized carbons (Fsp3) is 0.645. The number of aliphatic hydroxyl groups excluding tert-OH is 1. The first-order valence-electron chi connectivity index (χ1n) is 15.5. The number of carbonyl (C=O) groups is 2. The highest BCUT2D eigenvalue weighted by atomic mass is 32.2. The molecule has 1 aromatic carbocycles. The molecule has 0 bridgehead atoms. The van der Waals surface area contributed by atoms with E-state index in [-0.39, 0.29) is 59.7 Å². The minimum Gasteiger partial charge on any atom is -0.490 e. The van der Waals surface area contributed by atoms with E-state index in [9.17, 15) is 23.1 Å². The first-order chi connectivity index (χ1) is 21.1. The molecular formula is C31H49N5O8S. The molecule has 4 atom stereocenters. The summed E-state index contributed by atoms with van der Waals surface area (Å²) in [5.41, 5.74) is 0.928. The summed E-state index contributed by atoms with van der Waals surface area (Å²) in [6.45, 7) is 12.7. The SMILES string of the molecule is Cc1noc(C)c1S(=O)(=O)N(C)C[C@H]1OCCCC[C@@H](C)Oc2ccc(NC(=O)NC(C)C)cc2C(=O)N([C@@H](C)CO)C[C@@H]1C. The van der Waals surface area contributed by atoms with Crippen molar-refractivity contribution in [2.45, 2.75) is 96.9 Å². The van der Waals surface area contributed by atoms with Crippen LogP contribution in [-0.4, -0.2) is 97.5 Å². The maximum Gasteiger partial charge on any atom is 0.319 e. The summed E-state index contributed by atoms with van der Waals surface area (Å²) in [6, 6.07) is 3.87. The number of ether oxygens (including phenoxy) is 2. The van der Waals surface area contributed by atoms with Crippen LogP contribution < -0.4 is 15.4 Å². The monoisotopic (exact) mass is 651 g/mol. The van der Waals surface area contributed by atoms with Gasteiger partial charge in [0, 0.05) is 44.4 Å². The van der Waals surface area contributed by atoms with Crippen molar-refractivity contribution in [1.82, 2.24) is 19.7 Å². The van der Waals surface area contributed by atoms with Gasteiger partial charge in [-0.05, 0) is 79.0 Å². The molecule has 14 heteroatoms. The van der Waals surface area contributed by atoms with Crippen molar-refractivity contribution in [2.75, 3.05) is 38.7 Å². The molecule has 13 nitrogen and oxygen atoms in total. The van der Waals surface area contributed by atoms with Crippen LogP contribution in [0.4, 0.5) is 10.5 Å². The number of carbonyl (C=O) groups excluding carboxylic acids is 2. The Morgan fingerprint density at radius 3 is 2.53 bits per heavy atom. The minimum absolute atomic E-state index is 0.0260. The smallest absolute Gasteiger partial charge is 0.319 e. The van der Waals surface area contributed by atoms with Crippen LogP contribution in [0.25, 0.3) is 0 Å². The van der Waals surface area contributed by atoms with Gasteiger partial charge in [-0.3, -0.25) is 4.79 Å². The third-order valence-corrected chi connectivity index (χ3v) is 9.87. The third-order valence-electron chi connectivity index (χ3n) is 7.80. The molecule has 3 N–H and O–H groups in total. The molecule has 2 heterocycles. The molecule has 45 heavy (non-hydrogen) atoms. The van der Waals surface area contributed by atoms with Crippen molar-refractivity contribution in [3.05, 3.63) is 35.2 Å². The molecular weight excluding hydrogens is 602 g/mol. The lowest BCUT2D eigenvalue weighted by Gasteiger charge is -2.35. The Morgan fingerprint density at radius 2 is 1.91 bits per heavy atom. The number of hydrogen-bond acceptors (Lipinski definition) is 9. The number of rotatable bonds is 8. The van der Waals surface area contributed by atoms with E-state index in [1.54, 1.807) is 43.9 Å². The molecule has 3 amide bonds. The average Bonchev–Trinajstić information content (AvgIpc) is 3.31. The number of nitrogens with zero attached hydrogens (tertiary/aromatic N) is 3. The van der Waals surface area contributed by atoms with Gasteiger partial charge in [-0.2, -0.15) is 4.31 Å². The number of amides is 3. The van der Waals surface area contributed by atoms with E-state index in [1.165, 1.54) is 11.4 Å². The molecule has 0 unspecified atom stereocenters. The summed E-state index contributed by atoms with van der Waals surface area (Å²) in [4.78, 5) is 28.2. The molecule has 1 aliphatic rings. The normalized spacial score (nSPS) is 21.2. The lowest BCUT2D eigenvalue weighted by Crippen LogP contribution is -2.48. The Balaban J connectivity index is 1.97. The molecule has 0 saturated heterocycles. The Bertz CT molecular complexity index is 1390. The molecule has 252 valence electrons. The summed E-state index contributed by atoms with van der Waals surface area (Å²) in [6.07, 6.45) is 1.43. The van der Waals surface area contributed by atoms with Gasteiger partial charge in [-0.15, -0.1) is 0 Å². The van der Waals surface area contributed by atoms with Crippen LogP contribution in [0.2, 0.25) is 0 Å². The second kappa shape index (κ2) is 15.9. The van der Waals surface area contributed by atoms with Gasteiger partial charge in [0.05, 0.1) is 30.4 Å². The van der Waals surface area contributed by atoms with Crippen molar-refractivity contribution in [2.24, 2.45) is 5.92 Å². The van der Waals surface area contributed by atoms with Crippen molar-refractivity contribution >= 4 is 27.6 Å². The van der Waals surface area contributed by atoms with Crippen LogP contribution in [0.5, 0.6) is 5.75 Å². The van der Waals surface area contributed by atoms with E-state index < -0.39 is 34.1 Å². The molecule has 1 aliphatic heterocycles. The number of aliphatic hydroxyl groups is 1. The summed E-state index contributed by atoms with van der Waals surface area (Å²) < 4.78 is 45.9. The second-order valence-electron chi connectivity index (χ2n) is 12.2. The first kappa shape index (κ1) is 36.3. The zero-order valence-electron chi connectivity index (χ0n) is 27.6. The lowest BCUT2D eigenvalue weighted by atomic mass is 10.0. The summed E-state index contributed by atoms with van der Waals surface area (Å²) in [7, 11) is -2.45. The van der Waals surface area contributed by atoms with Crippen molar-refractivity contribution in [3.63, 3.8) is 0 Å². The van der Waals surface area contributed by atoms with E-state index in [2.05, 4.69) is 15.8 Å². The number of benzene rings is 1. The van der Waals surface area contributed by atoms with Gasteiger partial charge in [0.25, 0.3) is 5.91 Å². The molecule has 1 aromatic heterocycles. The number of likely N-dealkylation sites (N-methyl/N-ethyl adjacent to an activating group) is 1. The molecule has 2 aromatic rings. The number of urea groups is 1. The quantitative estimate of drug-likeness (QED) is 0.384. The predicted octanol–water partition coefficient (Wildman–Crippen LogP) is 3.94. The number of sulfonamides is 1. The zero-order valence-corrected chi connectivity index (χ0v) is 28.4. The van der Waals surface area contributed by atoms with E-state index >= 15 is 0 Å². The maximum atomic E-state index is 14.2. The van der Waals surface area contributed by atoms with E-state index in [0.29, 0.717) is 24.5 Å². The van der Waals surface area contributed by atoms with Crippen molar-refractivity contribution in [1.29, 1.82) is 0 Å². The van der Waals surface area contributed by atoms with Gasteiger partial charge >= 0.3 is 6.03 Å². The van der Waals surface area contributed by atoms with Gasteiger partial charge in [0.15, 0.2) is 5.76 Å². The highest BCUT2D eigenvalue weighted by Crippen LogP contribution is 2.29. The van der Waals surface area contributed by atoms with Crippen LogP contribution in [0, 0.1) is 19.8 Å². The number of fused-ring (bicyclic) bond motifs is 1. The van der Waals surface area contributed by atoms with Gasteiger partial charge in [0.1, 0.15) is 16.3 Å². The second-order valence-corrected chi connectivity index (χ2v) is 14.2. The molecule has 0 aliphatic carbocycles. The van der Waals surface area contributed by atoms with E-state index in [1.807, 2.05) is 27.7 Å². The van der Waals surface area contributed by atoms with Gasteiger partial charge < -0.3 is 34.6 Å². The Morgan fingerprint density at radius 1 is 1.20 bits per heavy atom. The highest BCUT2D eigenvalue weighted by Gasteiger charge is 2.34. The van der Waals surface area contributed by atoms with E-state index in [4.69, 9.17) is 14.0 Å². The first-order valence-corrected chi connectivity index (χ1v) is 16.9. The Kier molecular flexibility index (Phi) is 12.8. The van der Waals surface area contributed by atoms with Crippen molar-refractivity contribution in [3.8, 4) is 5.75 Å². The fourth-order valence-corrected chi connectivity index (χ4v) is 6.71. The molecule has 0 saturated carbocycles. The Labute approximate surface area is 266 Å². The Hall–Kier alpha value is -3.20. The highest BCUT2D eigenvalue weighted by molar-refractivity contribution is 7.89. The van der Waals surface area contributed by atoms with E-state index in [0.717, 1.165) is 12.8 Å². The predicted molar refractivity (Wildman–Crippen MR) is 170 cm³/mol. The summed E-state index contributed by atoms with van der Waals surface area (Å²) >= 11 is 0. The minimum atomic E-state index is -3.94. The standard InChI is InChI=1S/C31H49N5O8S/c1-19(2)32-31(39)33-25-12-13-27-26(15-25)30(38)36(21(4)18-37)16-20(3)28(42-14-10-9-11-22(5)43-27)17-35(8)45(40,41)29-23(6)34-44-24(29)7/h12-13,15,19-22,28,37H,9-11,14,16-18H2,1-8H3,(H2,32,33,39)/t20-,21-,22+,28+/m0/s1. The maximum absolute atomic E-state index is 14.2. The topological polar surface area (TPSA) is 164 Å². The summed E-state index contributed by atoms with van der Waals surface area (Å²) in [5.74, 6) is -0.153. The summed E-state index contributed by atoms with van der Waals surface area (Å²) in [5, 5.41) is 19.5. The fourth-order valence-electron chi connectivity index (χ4n) is 5.24. The zero-order chi connectivity index (χ0) is 33.5. The van der Waals surface area contributed by atoms with Gasteiger partial charge in [0.2, 0.25) is 10.0 Å². The number of anilines is 1. The van der Waals surface area contributed by atoms with Crippen LogP contribution in [0.15, 0.2) is 27.6 Å². The largest absolute Gasteiger partial charge is 0.490 e. The number of aryl methyl sites for hydroxylation is 2. The van der Waals surface area contributed by atoms with Crippen LogP contribution >= 0.6 is 0 Å². The molecule has 0 spiro atoms. The molecule has 0 fully saturated rings. The third kappa shape index (κ3) is 9.41. The van der Waals surface area contributed by atoms with Crippen LogP contribution in [0.3, 0.4) is 0 Å². The lowest BCUT2D eigenvalue weighted by molar-refractivity contribution is -0.00835. The van der Waals surface area contributed by atoms with Crippen LogP contribution in [0.1, 0.15) is 75.7 Å². The number of nitrogens with one attached hydrogen (secondary N) is 2. The number of aromatic nitrogens is 1. The molecule has 3 rings (SSSR count). The van der Waals surface area contributed by atoms with Crippen LogP contribution in [-0.2, 0) is 14.8 Å². The average molecular weight is 652 g/mol. The molecule has 0 radical (unpaired) electrons. The van der Waals surface area contributed by atoms with Gasteiger partial charge in [-0.25, -0.2) is 13.2 Å². The number of hydrogen-bond donors (Lipinski definition) is 3. The van der Waals surface area contributed by atoms with Crippen molar-refractivity contribution < 1.29 is 37.1 Å².